The summed E-state index contributed by atoms with van der Waals surface area (Å²) in [6.07, 6.45) is -2.24. The second-order valence-corrected chi connectivity index (χ2v) is 11.9. The molecule has 4 aromatic rings. The zero-order chi connectivity index (χ0) is 33.0. The Morgan fingerprint density at radius 1 is 1.07 bits per heavy atom. The van der Waals surface area contributed by atoms with Crippen molar-refractivity contribution >= 4 is 34.6 Å². The van der Waals surface area contributed by atoms with Crippen LogP contribution in [-0.4, -0.2) is 44.7 Å². The van der Waals surface area contributed by atoms with Crippen molar-refractivity contribution in [3.05, 3.63) is 89.7 Å². The van der Waals surface area contributed by atoms with Crippen molar-refractivity contribution in [2.24, 2.45) is 10.9 Å². The van der Waals surface area contributed by atoms with Gasteiger partial charge < -0.3 is 4.74 Å². The summed E-state index contributed by atoms with van der Waals surface area (Å²) in [6.45, 7) is 6.04. The minimum absolute atomic E-state index is 0.165. The SMILES string of the molecule is COc1ccc(CC(C)C)c(N2C(=O)CS/C2=N\C(=O)NNC(C)c2ccc(-c3ncn(-c4ccc(C(F)(F)F)cc4)n3)cc2)c1. The summed E-state index contributed by atoms with van der Waals surface area (Å²) in [4.78, 5) is 35.6. The van der Waals surface area contributed by atoms with E-state index in [1.807, 2.05) is 43.3 Å². The summed E-state index contributed by atoms with van der Waals surface area (Å²) in [5.41, 5.74) is 8.40. The van der Waals surface area contributed by atoms with Crippen LogP contribution in [0.1, 0.15) is 43.5 Å². The second-order valence-electron chi connectivity index (χ2n) is 11.0. The van der Waals surface area contributed by atoms with Crippen LogP contribution in [0.2, 0.25) is 0 Å². The molecular weight excluding hydrogens is 619 g/mol. The molecule has 1 fully saturated rings. The second kappa shape index (κ2) is 13.7. The van der Waals surface area contributed by atoms with Gasteiger partial charge in [-0.15, -0.1) is 5.10 Å². The normalized spacial score (nSPS) is 15.1. The van der Waals surface area contributed by atoms with Gasteiger partial charge in [-0.1, -0.05) is 55.9 Å². The summed E-state index contributed by atoms with van der Waals surface area (Å²) in [5.74, 6) is 1.34. The van der Waals surface area contributed by atoms with Crippen LogP contribution in [0, 0.1) is 5.92 Å². The van der Waals surface area contributed by atoms with Crippen molar-refractivity contribution in [2.45, 2.75) is 39.4 Å². The van der Waals surface area contributed by atoms with E-state index in [0.29, 0.717) is 34.4 Å². The fourth-order valence-electron chi connectivity index (χ4n) is 4.78. The number of nitrogens with zero attached hydrogens (tertiary/aromatic N) is 5. The van der Waals surface area contributed by atoms with E-state index in [1.165, 1.54) is 39.8 Å². The van der Waals surface area contributed by atoms with Gasteiger partial charge in [0.2, 0.25) is 5.91 Å². The standard InChI is InChI=1S/C32H32F3N7O3S/c1-19(2)15-23-9-14-26(45-4)16-27(23)42-28(43)17-46-31(42)37-30(44)39-38-20(3)21-5-7-22(8-6-21)29-36-18-41(40-29)25-12-10-24(11-13-25)32(33,34)35/h5-14,16,18-20,38H,15,17H2,1-4H3,(H,39,44)/b37-31-. The third-order valence-corrected chi connectivity index (χ3v) is 8.06. The molecule has 0 aliphatic carbocycles. The van der Waals surface area contributed by atoms with E-state index in [9.17, 15) is 22.8 Å². The Morgan fingerprint density at radius 2 is 1.78 bits per heavy atom. The maximum atomic E-state index is 12.9. The summed E-state index contributed by atoms with van der Waals surface area (Å²) < 4.78 is 45.4. The lowest BCUT2D eigenvalue weighted by Gasteiger charge is -2.21. The highest BCUT2D eigenvalue weighted by molar-refractivity contribution is 8.15. The number of anilines is 1. The van der Waals surface area contributed by atoms with Gasteiger partial charge in [0, 0.05) is 17.7 Å². The maximum absolute atomic E-state index is 12.9. The molecule has 0 saturated carbocycles. The molecule has 0 radical (unpaired) electrons. The molecule has 0 spiro atoms. The largest absolute Gasteiger partial charge is 0.497 e. The topological polar surface area (TPSA) is 114 Å². The minimum Gasteiger partial charge on any atom is -0.497 e. The molecule has 46 heavy (non-hydrogen) atoms. The Bertz CT molecular complexity index is 1740. The molecule has 2 heterocycles. The van der Waals surface area contributed by atoms with Gasteiger partial charge in [-0.2, -0.15) is 18.2 Å². The molecule has 1 aliphatic rings. The Kier molecular flexibility index (Phi) is 9.77. The fourth-order valence-corrected chi connectivity index (χ4v) is 5.64. The van der Waals surface area contributed by atoms with Gasteiger partial charge in [-0.25, -0.2) is 19.9 Å². The average molecular weight is 652 g/mol. The monoisotopic (exact) mass is 651 g/mol. The number of carbonyl (C=O) groups is 2. The molecule has 3 amide bonds. The van der Waals surface area contributed by atoms with Crippen LogP contribution < -0.4 is 20.5 Å². The number of amidine groups is 1. The molecular formula is C32H32F3N7O3S. The molecule has 0 bridgehead atoms. The van der Waals surface area contributed by atoms with Crippen LogP contribution in [0.25, 0.3) is 17.1 Å². The van der Waals surface area contributed by atoms with Crippen molar-refractivity contribution in [1.82, 2.24) is 25.6 Å². The number of carbonyl (C=O) groups excluding carboxylic acids is 2. The van der Waals surface area contributed by atoms with E-state index >= 15 is 0 Å². The molecule has 3 aromatic carbocycles. The van der Waals surface area contributed by atoms with Crippen molar-refractivity contribution in [3.63, 3.8) is 0 Å². The molecule has 2 N–H and O–H groups in total. The summed E-state index contributed by atoms with van der Waals surface area (Å²) in [6, 6.07) is 16.6. The molecule has 1 saturated heterocycles. The maximum Gasteiger partial charge on any atom is 0.416 e. The first-order valence-electron chi connectivity index (χ1n) is 14.4. The molecule has 1 aromatic heterocycles. The van der Waals surface area contributed by atoms with Crippen LogP contribution in [-0.2, 0) is 17.4 Å². The molecule has 1 atom stereocenters. The molecule has 14 heteroatoms. The Hall–Kier alpha value is -4.69. The number of rotatable bonds is 9. The lowest BCUT2D eigenvalue weighted by atomic mass is 10.0. The lowest BCUT2D eigenvalue weighted by Crippen LogP contribution is -2.39. The number of halogens is 3. The first kappa shape index (κ1) is 32.7. The number of aliphatic imine (C=N–C) groups is 1. The van der Waals surface area contributed by atoms with Crippen molar-refractivity contribution in [2.75, 3.05) is 17.8 Å². The Balaban J connectivity index is 1.22. The number of methoxy groups -OCH3 is 1. The highest BCUT2D eigenvalue weighted by Crippen LogP contribution is 2.34. The third-order valence-electron chi connectivity index (χ3n) is 7.14. The number of hydrazine groups is 1. The highest BCUT2D eigenvalue weighted by atomic mass is 32.2. The molecule has 240 valence electrons. The molecule has 5 rings (SSSR count). The number of thioether (sulfide) groups is 1. The van der Waals surface area contributed by atoms with E-state index in [-0.39, 0.29) is 22.9 Å². The fraction of sp³-hybridized carbons (Fsp3) is 0.281. The van der Waals surface area contributed by atoms with Crippen LogP contribution >= 0.6 is 11.8 Å². The van der Waals surface area contributed by atoms with Gasteiger partial charge >= 0.3 is 12.2 Å². The van der Waals surface area contributed by atoms with E-state index in [0.717, 1.165) is 29.7 Å². The minimum atomic E-state index is -4.41. The van der Waals surface area contributed by atoms with Gasteiger partial charge in [0.1, 0.15) is 12.1 Å². The summed E-state index contributed by atoms with van der Waals surface area (Å²) >= 11 is 1.19. The van der Waals surface area contributed by atoms with Gasteiger partial charge in [-0.3, -0.25) is 15.1 Å². The zero-order valence-electron chi connectivity index (χ0n) is 25.5. The summed E-state index contributed by atoms with van der Waals surface area (Å²) in [5, 5.41) is 4.67. The highest BCUT2D eigenvalue weighted by Gasteiger charge is 2.33. The predicted molar refractivity (Wildman–Crippen MR) is 171 cm³/mol. The number of benzene rings is 3. The summed E-state index contributed by atoms with van der Waals surface area (Å²) in [7, 11) is 1.56. The predicted octanol–water partition coefficient (Wildman–Crippen LogP) is 6.57. The van der Waals surface area contributed by atoms with Gasteiger partial charge in [0.15, 0.2) is 11.0 Å². The van der Waals surface area contributed by atoms with E-state index < -0.39 is 17.8 Å². The van der Waals surface area contributed by atoms with Crippen LogP contribution in [0.5, 0.6) is 5.75 Å². The number of urea groups is 1. The van der Waals surface area contributed by atoms with Crippen LogP contribution in [0.3, 0.4) is 0 Å². The van der Waals surface area contributed by atoms with Gasteiger partial charge in [-0.05, 0) is 60.7 Å². The van der Waals surface area contributed by atoms with E-state index in [2.05, 4.69) is 39.8 Å². The van der Waals surface area contributed by atoms with E-state index in [1.54, 1.807) is 13.2 Å². The quantitative estimate of drug-likeness (QED) is 0.197. The molecule has 10 nitrogen and oxygen atoms in total. The van der Waals surface area contributed by atoms with Crippen LogP contribution in [0.15, 0.2) is 78.0 Å². The smallest absolute Gasteiger partial charge is 0.416 e. The number of hydrogen-bond donors (Lipinski definition) is 2. The van der Waals surface area contributed by atoms with Crippen molar-refractivity contribution < 1.29 is 27.5 Å². The Labute approximate surface area is 268 Å². The number of hydrogen-bond acceptors (Lipinski definition) is 7. The zero-order valence-corrected chi connectivity index (χ0v) is 26.3. The van der Waals surface area contributed by atoms with Crippen LogP contribution in [0.4, 0.5) is 23.7 Å². The number of ether oxygens (including phenoxy) is 1. The number of amides is 3. The van der Waals surface area contributed by atoms with E-state index in [4.69, 9.17) is 4.74 Å². The Morgan fingerprint density at radius 3 is 2.43 bits per heavy atom. The third kappa shape index (κ3) is 7.57. The molecule has 1 unspecified atom stereocenters. The number of alkyl halides is 3. The lowest BCUT2D eigenvalue weighted by molar-refractivity contribution is -0.137. The first-order valence-corrected chi connectivity index (χ1v) is 15.4. The van der Waals surface area contributed by atoms with Gasteiger partial charge in [0.05, 0.1) is 29.8 Å². The number of aromatic nitrogens is 3. The van der Waals surface area contributed by atoms with Crippen molar-refractivity contribution in [3.8, 4) is 22.8 Å². The van der Waals surface area contributed by atoms with Crippen molar-refractivity contribution in [1.29, 1.82) is 0 Å². The first-order chi connectivity index (χ1) is 21.9. The average Bonchev–Trinajstić information content (AvgIpc) is 3.67. The number of nitrogens with one attached hydrogen (secondary N) is 2. The van der Waals surface area contributed by atoms with Gasteiger partial charge in [0.25, 0.3) is 0 Å². The molecule has 1 aliphatic heterocycles.